The smallest absolute Gasteiger partial charge is 0.116 e. The van der Waals surface area contributed by atoms with Crippen LogP contribution in [0.1, 0.15) is 25.2 Å². The molecule has 4 aromatic rings. The van der Waals surface area contributed by atoms with Crippen molar-refractivity contribution in [3.63, 3.8) is 0 Å². The highest BCUT2D eigenvalue weighted by atomic mass is 79.9. The summed E-state index contributed by atoms with van der Waals surface area (Å²) in [7, 11) is 0. The molecule has 156 valence electrons. The van der Waals surface area contributed by atoms with Crippen molar-refractivity contribution in [2.75, 3.05) is 0 Å². The van der Waals surface area contributed by atoms with Crippen molar-refractivity contribution < 1.29 is 0 Å². The van der Waals surface area contributed by atoms with E-state index in [0.717, 1.165) is 52.3 Å². The van der Waals surface area contributed by atoms with Gasteiger partial charge in [-0.05, 0) is 126 Å². The standard InChI is InChI=1S/C23H16Br4N4/c1-23(2,17-7-3-5-15(28-17)13-9-11-19(24)30-21(13)26)18-8-4-6-16(29-18)14-10-12-20(25)31-22(14)27/h3-12H,1-2H3. The van der Waals surface area contributed by atoms with Crippen LogP contribution in [0.25, 0.3) is 22.5 Å². The Kier molecular flexibility index (Phi) is 6.72. The Morgan fingerprint density at radius 3 is 1.35 bits per heavy atom. The van der Waals surface area contributed by atoms with Crippen LogP contribution in [0.4, 0.5) is 0 Å². The van der Waals surface area contributed by atoms with Gasteiger partial charge in [0.05, 0.1) is 22.8 Å². The van der Waals surface area contributed by atoms with E-state index < -0.39 is 5.41 Å². The molecule has 0 atom stereocenters. The van der Waals surface area contributed by atoms with Gasteiger partial charge in [0.25, 0.3) is 0 Å². The monoisotopic (exact) mass is 664 g/mol. The highest BCUT2D eigenvalue weighted by Gasteiger charge is 2.27. The van der Waals surface area contributed by atoms with Crippen LogP contribution in [-0.2, 0) is 5.41 Å². The number of rotatable bonds is 4. The molecule has 0 fully saturated rings. The van der Waals surface area contributed by atoms with Crippen LogP contribution in [0.5, 0.6) is 0 Å². The topological polar surface area (TPSA) is 51.6 Å². The van der Waals surface area contributed by atoms with Gasteiger partial charge >= 0.3 is 0 Å². The van der Waals surface area contributed by atoms with Crippen molar-refractivity contribution >= 4 is 63.7 Å². The van der Waals surface area contributed by atoms with Gasteiger partial charge in [0.1, 0.15) is 18.4 Å². The molecule has 8 heteroatoms. The summed E-state index contributed by atoms with van der Waals surface area (Å²) in [6, 6.07) is 19.9. The molecule has 4 aromatic heterocycles. The lowest BCUT2D eigenvalue weighted by Crippen LogP contribution is -2.22. The molecular weight excluding hydrogens is 652 g/mol. The molecule has 0 saturated carbocycles. The molecule has 0 aliphatic carbocycles. The van der Waals surface area contributed by atoms with E-state index in [2.05, 4.69) is 87.5 Å². The van der Waals surface area contributed by atoms with Crippen molar-refractivity contribution in [1.29, 1.82) is 0 Å². The van der Waals surface area contributed by atoms with Crippen LogP contribution < -0.4 is 0 Å². The molecular formula is C23H16Br4N4. The average molecular weight is 668 g/mol. The number of aromatic nitrogens is 4. The normalized spacial score (nSPS) is 11.5. The van der Waals surface area contributed by atoms with Gasteiger partial charge in [-0.15, -0.1) is 0 Å². The molecule has 0 amide bonds. The molecule has 4 rings (SSSR count). The summed E-state index contributed by atoms with van der Waals surface area (Å²) in [6.07, 6.45) is 0. The summed E-state index contributed by atoms with van der Waals surface area (Å²) in [5.74, 6) is 0. The second-order valence-electron chi connectivity index (χ2n) is 7.39. The largest absolute Gasteiger partial charge is 0.252 e. The third kappa shape index (κ3) is 4.82. The summed E-state index contributed by atoms with van der Waals surface area (Å²) >= 11 is 13.9. The van der Waals surface area contributed by atoms with Gasteiger partial charge in [0.2, 0.25) is 0 Å². The second-order valence-corrected chi connectivity index (χ2v) is 10.5. The lowest BCUT2D eigenvalue weighted by atomic mass is 9.84. The van der Waals surface area contributed by atoms with Gasteiger partial charge in [0, 0.05) is 16.5 Å². The zero-order valence-corrected chi connectivity index (χ0v) is 22.9. The third-order valence-corrected chi connectivity index (χ3v) is 7.05. The maximum Gasteiger partial charge on any atom is 0.116 e. The fraction of sp³-hybridized carbons (Fsp3) is 0.130. The zero-order chi connectivity index (χ0) is 22.2. The van der Waals surface area contributed by atoms with Crippen LogP contribution in [-0.4, -0.2) is 19.9 Å². The minimum atomic E-state index is -0.406. The lowest BCUT2D eigenvalue weighted by Gasteiger charge is -2.25. The van der Waals surface area contributed by atoms with Crippen LogP contribution in [0, 0.1) is 0 Å². The molecule has 0 bridgehead atoms. The van der Waals surface area contributed by atoms with Gasteiger partial charge < -0.3 is 0 Å². The van der Waals surface area contributed by atoms with Crippen molar-refractivity contribution in [1.82, 2.24) is 19.9 Å². The van der Waals surface area contributed by atoms with Crippen LogP contribution in [0.2, 0.25) is 0 Å². The van der Waals surface area contributed by atoms with Gasteiger partial charge in [-0.3, -0.25) is 9.97 Å². The molecule has 31 heavy (non-hydrogen) atoms. The Labute approximate surface area is 214 Å². The number of hydrogen-bond donors (Lipinski definition) is 0. The summed E-state index contributed by atoms with van der Waals surface area (Å²) < 4.78 is 3.04. The van der Waals surface area contributed by atoms with Gasteiger partial charge in [-0.2, -0.15) is 0 Å². The van der Waals surface area contributed by atoms with Crippen LogP contribution in [0.15, 0.2) is 79.1 Å². The van der Waals surface area contributed by atoms with E-state index in [4.69, 9.17) is 9.97 Å². The van der Waals surface area contributed by atoms with Gasteiger partial charge in [-0.1, -0.05) is 12.1 Å². The number of pyridine rings is 4. The molecule has 0 radical (unpaired) electrons. The van der Waals surface area contributed by atoms with E-state index in [0.29, 0.717) is 0 Å². The number of nitrogens with zero attached hydrogens (tertiary/aromatic N) is 4. The Hall–Kier alpha value is -1.48. The molecule has 4 nitrogen and oxygen atoms in total. The maximum atomic E-state index is 4.96. The van der Waals surface area contributed by atoms with Crippen LogP contribution >= 0.6 is 63.7 Å². The van der Waals surface area contributed by atoms with Gasteiger partial charge in [-0.25, -0.2) is 9.97 Å². The first-order chi connectivity index (χ1) is 14.8. The molecule has 0 aromatic carbocycles. The fourth-order valence-corrected chi connectivity index (χ4v) is 5.35. The molecule has 0 aliphatic heterocycles. The minimum absolute atomic E-state index is 0.406. The molecule has 4 heterocycles. The van der Waals surface area contributed by atoms with Crippen molar-refractivity contribution in [2.24, 2.45) is 0 Å². The van der Waals surface area contributed by atoms with Crippen LogP contribution in [0.3, 0.4) is 0 Å². The number of halogens is 4. The van der Waals surface area contributed by atoms with E-state index in [9.17, 15) is 0 Å². The zero-order valence-electron chi connectivity index (χ0n) is 16.6. The van der Waals surface area contributed by atoms with E-state index >= 15 is 0 Å². The molecule has 0 aliphatic rings. The molecule has 0 saturated heterocycles. The van der Waals surface area contributed by atoms with E-state index in [1.807, 2.05) is 60.7 Å². The molecule has 0 N–H and O–H groups in total. The Morgan fingerprint density at radius 1 is 0.548 bits per heavy atom. The predicted octanol–water partition coefficient (Wildman–Crippen LogP) is 7.98. The summed E-state index contributed by atoms with van der Waals surface area (Å²) in [5, 5.41) is 0. The molecule has 0 unspecified atom stereocenters. The highest BCUT2D eigenvalue weighted by molar-refractivity contribution is 9.11. The SMILES string of the molecule is CC(C)(c1cccc(-c2ccc(Br)nc2Br)n1)c1cccc(-c2ccc(Br)nc2Br)n1. The quantitative estimate of drug-likeness (QED) is 0.207. The summed E-state index contributed by atoms with van der Waals surface area (Å²) in [6.45, 7) is 4.27. The van der Waals surface area contributed by atoms with Crippen molar-refractivity contribution in [3.8, 4) is 22.5 Å². The highest BCUT2D eigenvalue weighted by Crippen LogP contribution is 2.34. The number of hydrogen-bond acceptors (Lipinski definition) is 4. The average Bonchev–Trinajstić information content (AvgIpc) is 2.74. The van der Waals surface area contributed by atoms with E-state index in [1.54, 1.807) is 0 Å². The van der Waals surface area contributed by atoms with E-state index in [1.165, 1.54) is 0 Å². The summed E-state index contributed by atoms with van der Waals surface area (Å²) in [5.41, 5.74) is 5.04. The first-order valence-electron chi connectivity index (χ1n) is 9.35. The Balaban J connectivity index is 1.75. The first kappa shape index (κ1) is 22.7. The Morgan fingerprint density at radius 2 is 0.968 bits per heavy atom. The fourth-order valence-electron chi connectivity index (χ4n) is 3.20. The Bertz CT molecular complexity index is 1180. The van der Waals surface area contributed by atoms with E-state index in [-0.39, 0.29) is 0 Å². The third-order valence-electron chi connectivity index (χ3n) is 4.96. The summed E-state index contributed by atoms with van der Waals surface area (Å²) in [4.78, 5) is 18.8. The second kappa shape index (κ2) is 9.17. The van der Waals surface area contributed by atoms with Crippen molar-refractivity contribution in [3.05, 3.63) is 90.5 Å². The minimum Gasteiger partial charge on any atom is -0.252 e. The first-order valence-corrected chi connectivity index (χ1v) is 12.5. The molecule has 0 spiro atoms. The van der Waals surface area contributed by atoms with Crippen molar-refractivity contribution in [2.45, 2.75) is 19.3 Å². The lowest BCUT2D eigenvalue weighted by molar-refractivity contribution is 0.596. The predicted molar refractivity (Wildman–Crippen MR) is 138 cm³/mol. The van der Waals surface area contributed by atoms with Gasteiger partial charge in [0.15, 0.2) is 0 Å². The maximum absolute atomic E-state index is 4.96.